The number of benzene rings is 2. The van der Waals surface area contributed by atoms with Crippen molar-refractivity contribution in [1.29, 1.82) is 0 Å². The first-order valence-corrected chi connectivity index (χ1v) is 10.5. The molecule has 1 fully saturated rings. The molecule has 0 aliphatic carbocycles. The fourth-order valence-corrected chi connectivity index (χ4v) is 4.12. The highest BCUT2D eigenvalue weighted by Crippen LogP contribution is 2.25. The first-order valence-electron chi connectivity index (χ1n) is 10.5. The van der Waals surface area contributed by atoms with Crippen molar-refractivity contribution < 1.29 is 19.2 Å². The molecular formula is C24H25N3O4. The number of piperazine rings is 1. The van der Waals surface area contributed by atoms with Gasteiger partial charge in [0, 0.05) is 45.2 Å². The third-order valence-electron chi connectivity index (χ3n) is 5.92. The third-order valence-corrected chi connectivity index (χ3v) is 5.92. The van der Waals surface area contributed by atoms with Gasteiger partial charge in [0.15, 0.2) is 0 Å². The van der Waals surface area contributed by atoms with Crippen molar-refractivity contribution >= 4 is 23.6 Å². The molecule has 4 amide bonds. The average molecular weight is 419 g/mol. The Morgan fingerprint density at radius 2 is 1.48 bits per heavy atom. The van der Waals surface area contributed by atoms with Gasteiger partial charge in [0.05, 0.1) is 11.1 Å². The van der Waals surface area contributed by atoms with E-state index in [1.54, 1.807) is 21.9 Å². The van der Waals surface area contributed by atoms with Gasteiger partial charge in [0.1, 0.15) is 0 Å². The van der Waals surface area contributed by atoms with Gasteiger partial charge >= 0.3 is 0 Å². The van der Waals surface area contributed by atoms with Crippen LogP contribution >= 0.6 is 0 Å². The fraction of sp³-hybridized carbons (Fsp3) is 0.333. The molecule has 0 aromatic heterocycles. The molecule has 7 nitrogen and oxygen atoms in total. The number of nitrogens with zero attached hydrogens (tertiary/aromatic N) is 3. The van der Waals surface area contributed by atoms with E-state index in [4.69, 9.17) is 0 Å². The molecule has 0 unspecified atom stereocenters. The summed E-state index contributed by atoms with van der Waals surface area (Å²) in [7, 11) is 0. The summed E-state index contributed by atoms with van der Waals surface area (Å²) in [5.41, 5.74) is 2.19. The van der Waals surface area contributed by atoms with Crippen molar-refractivity contribution in [3.8, 4) is 0 Å². The number of aryl methyl sites for hydroxylation is 1. The second-order valence-corrected chi connectivity index (χ2v) is 7.91. The molecule has 31 heavy (non-hydrogen) atoms. The summed E-state index contributed by atoms with van der Waals surface area (Å²) >= 11 is 0. The van der Waals surface area contributed by atoms with E-state index in [1.165, 1.54) is 17.9 Å². The lowest BCUT2D eigenvalue weighted by molar-refractivity contribution is -0.130. The molecule has 4 rings (SSSR count). The van der Waals surface area contributed by atoms with Crippen molar-refractivity contribution in [3.05, 3.63) is 70.8 Å². The first kappa shape index (κ1) is 20.8. The van der Waals surface area contributed by atoms with Crippen LogP contribution in [0.2, 0.25) is 0 Å². The Kier molecular flexibility index (Phi) is 5.84. The SMILES string of the molecule is CC(=O)N1CCN(C(=O)c2ccc3c(c2)C(=O)N(CCCc2ccccc2)C3=O)CC1. The van der Waals surface area contributed by atoms with Gasteiger partial charge in [0.25, 0.3) is 17.7 Å². The molecule has 0 saturated carbocycles. The molecule has 0 radical (unpaired) electrons. The Morgan fingerprint density at radius 1 is 0.839 bits per heavy atom. The Balaban J connectivity index is 1.41. The number of fused-ring (bicyclic) bond motifs is 1. The Morgan fingerprint density at radius 3 is 2.16 bits per heavy atom. The molecule has 0 N–H and O–H groups in total. The highest BCUT2D eigenvalue weighted by Gasteiger charge is 2.36. The summed E-state index contributed by atoms with van der Waals surface area (Å²) in [6, 6.07) is 14.7. The predicted molar refractivity (Wildman–Crippen MR) is 115 cm³/mol. The number of amides is 4. The third kappa shape index (κ3) is 4.21. The Labute approximate surface area is 181 Å². The number of hydrogen-bond donors (Lipinski definition) is 0. The van der Waals surface area contributed by atoms with Gasteiger partial charge in [-0.05, 0) is 36.6 Å². The van der Waals surface area contributed by atoms with Crippen LogP contribution in [-0.4, -0.2) is 71.1 Å². The molecule has 0 atom stereocenters. The highest BCUT2D eigenvalue weighted by molar-refractivity contribution is 6.22. The minimum absolute atomic E-state index is 0.00101. The predicted octanol–water partition coefficient (Wildman–Crippen LogP) is 2.22. The zero-order valence-corrected chi connectivity index (χ0v) is 17.5. The van der Waals surface area contributed by atoms with Crippen LogP contribution < -0.4 is 0 Å². The van der Waals surface area contributed by atoms with E-state index in [-0.39, 0.29) is 29.2 Å². The lowest BCUT2D eigenvalue weighted by atomic mass is 10.0. The van der Waals surface area contributed by atoms with Crippen LogP contribution in [0.25, 0.3) is 0 Å². The number of imide groups is 1. The summed E-state index contributed by atoms with van der Waals surface area (Å²) in [5.74, 6) is -0.832. The first-order chi connectivity index (χ1) is 15.0. The normalized spacial score (nSPS) is 16.0. The van der Waals surface area contributed by atoms with Gasteiger partial charge in [-0.3, -0.25) is 24.1 Å². The standard InChI is InChI=1S/C24H25N3O4/c1-17(28)25-12-14-26(15-13-25)22(29)19-9-10-20-21(16-19)24(31)27(23(20)30)11-5-8-18-6-3-2-4-7-18/h2-4,6-7,9-10,16H,5,8,11-15H2,1H3. The molecule has 2 aromatic carbocycles. The van der Waals surface area contributed by atoms with Crippen LogP contribution in [0.15, 0.2) is 48.5 Å². The Bertz CT molecular complexity index is 1030. The quantitative estimate of drug-likeness (QED) is 0.697. The summed E-state index contributed by atoms with van der Waals surface area (Å²) in [6.07, 6.45) is 1.46. The van der Waals surface area contributed by atoms with Gasteiger partial charge in [-0.15, -0.1) is 0 Å². The number of hydrogen-bond acceptors (Lipinski definition) is 4. The van der Waals surface area contributed by atoms with Crippen molar-refractivity contribution in [3.63, 3.8) is 0 Å². The van der Waals surface area contributed by atoms with Crippen molar-refractivity contribution in [2.75, 3.05) is 32.7 Å². The molecule has 0 bridgehead atoms. The van der Waals surface area contributed by atoms with Gasteiger partial charge in [-0.1, -0.05) is 30.3 Å². The molecule has 7 heteroatoms. The number of carbonyl (C=O) groups excluding carboxylic acids is 4. The highest BCUT2D eigenvalue weighted by atomic mass is 16.2. The van der Waals surface area contributed by atoms with Gasteiger partial charge in [-0.2, -0.15) is 0 Å². The number of rotatable bonds is 5. The zero-order valence-electron chi connectivity index (χ0n) is 17.5. The molecule has 2 aromatic rings. The van der Waals surface area contributed by atoms with Crippen molar-refractivity contribution in [2.45, 2.75) is 19.8 Å². The van der Waals surface area contributed by atoms with Crippen LogP contribution in [0.1, 0.15) is 50.0 Å². The molecule has 2 heterocycles. The summed E-state index contributed by atoms with van der Waals surface area (Å²) in [5, 5.41) is 0. The lowest BCUT2D eigenvalue weighted by Gasteiger charge is -2.34. The largest absolute Gasteiger partial charge is 0.339 e. The molecule has 160 valence electrons. The van der Waals surface area contributed by atoms with Gasteiger partial charge < -0.3 is 9.80 Å². The second-order valence-electron chi connectivity index (χ2n) is 7.91. The minimum Gasteiger partial charge on any atom is -0.339 e. The molecular weight excluding hydrogens is 394 g/mol. The lowest BCUT2D eigenvalue weighted by Crippen LogP contribution is -2.50. The number of carbonyl (C=O) groups is 4. The van der Waals surface area contributed by atoms with E-state index in [0.717, 1.165) is 12.0 Å². The molecule has 2 aliphatic heterocycles. The molecule has 0 spiro atoms. The smallest absolute Gasteiger partial charge is 0.261 e. The van der Waals surface area contributed by atoms with Crippen LogP contribution in [0.4, 0.5) is 0 Å². The van der Waals surface area contributed by atoms with Crippen LogP contribution in [0, 0.1) is 0 Å². The van der Waals surface area contributed by atoms with Gasteiger partial charge in [-0.25, -0.2) is 0 Å². The van der Waals surface area contributed by atoms with E-state index in [0.29, 0.717) is 50.3 Å². The van der Waals surface area contributed by atoms with Crippen molar-refractivity contribution in [2.24, 2.45) is 0 Å². The maximum absolute atomic E-state index is 12.9. The summed E-state index contributed by atoms with van der Waals surface area (Å²) in [4.78, 5) is 54.6. The second kappa shape index (κ2) is 8.71. The minimum atomic E-state index is -0.343. The topological polar surface area (TPSA) is 78.0 Å². The molecule has 2 aliphatic rings. The summed E-state index contributed by atoms with van der Waals surface area (Å²) in [6.45, 7) is 3.77. The average Bonchev–Trinajstić information content (AvgIpc) is 3.03. The van der Waals surface area contributed by atoms with E-state index >= 15 is 0 Å². The maximum Gasteiger partial charge on any atom is 0.261 e. The van der Waals surface area contributed by atoms with E-state index in [9.17, 15) is 19.2 Å². The monoisotopic (exact) mass is 419 g/mol. The van der Waals surface area contributed by atoms with Crippen LogP contribution in [-0.2, 0) is 11.2 Å². The van der Waals surface area contributed by atoms with Crippen LogP contribution in [0.5, 0.6) is 0 Å². The van der Waals surface area contributed by atoms with Gasteiger partial charge in [0.2, 0.25) is 5.91 Å². The Hall–Kier alpha value is -3.48. The fourth-order valence-electron chi connectivity index (χ4n) is 4.12. The van der Waals surface area contributed by atoms with Crippen molar-refractivity contribution in [1.82, 2.24) is 14.7 Å². The summed E-state index contributed by atoms with van der Waals surface area (Å²) < 4.78 is 0. The maximum atomic E-state index is 12.9. The van der Waals surface area contributed by atoms with Crippen LogP contribution in [0.3, 0.4) is 0 Å². The zero-order chi connectivity index (χ0) is 22.0. The van der Waals surface area contributed by atoms with E-state index in [1.807, 2.05) is 30.3 Å². The van der Waals surface area contributed by atoms with E-state index < -0.39 is 0 Å². The molecule has 1 saturated heterocycles. The van der Waals surface area contributed by atoms with E-state index in [2.05, 4.69) is 0 Å².